The second-order valence-corrected chi connectivity index (χ2v) is 4.70. The third kappa shape index (κ3) is 1.13. The monoisotopic (exact) mass is 203 g/mol. The minimum absolute atomic E-state index is 0.177. The second kappa shape index (κ2) is 2.32. The van der Waals surface area contributed by atoms with Crippen LogP contribution in [0.15, 0.2) is 27.0 Å². The fourth-order valence-electron chi connectivity index (χ4n) is 0.884. The minimum Gasteiger partial charge on any atom is -0.442 e. The van der Waals surface area contributed by atoms with Gasteiger partial charge in [0, 0.05) is 6.07 Å². The Morgan fingerprint density at radius 1 is 1.50 bits per heavy atom. The summed E-state index contributed by atoms with van der Waals surface area (Å²) in [6.45, 7) is 0. The molecule has 2 N–H and O–H groups in total. The van der Waals surface area contributed by atoms with Gasteiger partial charge >= 0.3 is 0 Å². The van der Waals surface area contributed by atoms with Crippen LogP contribution in [0.3, 0.4) is 0 Å². The molecule has 2 aromatic heterocycles. The molecule has 0 fully saturated rings. The SMILES string of the molecule is NS(=O)(=O)c1cc2sccc2o1. The van der Waals surface area contributed by atoms with Gasteiger partial charge in [-0.2, -0.15) is 0 Å². The van der Waals surface area contributed by atoms with E-state index < -0.39 is 10.0 Å². The molecule has 0 saturated carbocycles. The molecule has 0 radical (unpaired) electrons. The van der Waals surface area contributed by atoms with Crippen molar-refractivity contribution in [3.8, 4) is 0 Å². The van der Waals surface area contributed by atoms with Gasteiger partial charge in [-0.15, -0.1) is 11.3 Å². The minimum atomic E-state index is -3.69. The molecule has 2 aromatic rings. The Labute approximate surface area is 72.6 Å². The summed E-state index contributed by atoms with van der Waals surface area (Å²) in [6.07, 6.45) is 0. The molecule has 0 saturated heterocycles. The Morgan fingerprint density at radius 2 is 2.25 bits per heavy atom. The largest absolute Gasteiger partial charge is 0.442 e. The average molecular weight is 203 g/mol. The van der Waals surface area contributed by atoms with Crippen molar-refractivity contribution >= 4 is 31.6 Å². The molecule has 2 rings (SSSR count). The Kier molecular flexibility index (Phi) is 1.50. The van der Waals surface area contributed by atoms with Crippen LogP contribution >= 0.6 is 11.3 Å². The smallest absolute Gasteiger partial charge is 0.271 e. The lowest BCUT2D eigenvalue weighted by atomic mass is 10.5. The van der Waals surface area contributed by atoms with Gasteiger partial charge in [0.05, 0.1) is 4.70 Å². The van der Waals surface area contributed by atoms with E-state index >= 15 is 0 Å². The van der Waals surface area contributed by atoms with Gasteiger partial charge in [-0.3, -0.25) is 0 Å². The van der Waals surface area contributed by atoms with Gasteiger partial charge in [-0.1, -0.05) is 0 Å². The van der Waals surface area contributed by atoms with E-state index in [-0.39, 0.29) is 5.09 Å². The number of thiophene rings is 1. The van der Waals surface area contributed by atoms with E-state index in [1.54, 1.807) is 6.07 Å². The van der Waals surface area contributed by atoms with Crippen molar-refractivity contribution in [3.63, 3.8) is 0 Å². The van der Waals surface area contributed by atoms with Crippen LogP contribution in [-0.2, 0) is 10.0 Å². The maximum atomic E-state index is 10.8. The first-order chi connectivity index (χ1) is 5.57. The first kappa shape index (κ1) is 7.78. The molecule has 0 aliphatic heterocycles. The zero-order valence-electron chi connectivity index (χ0n) is 5.85. The summed E-state index contributed by atoms with van der Waals surface area (Å²) in [7, 11) is -3.69. The molecule has 0 unspecified atom stereocenters. The lowest BCUT2D eigenvalue weighted by molar-refractivity contribution is 0.482. The van der Waals surface area contributed by atoms with E-state index in [1.807, 2.05) is 5.38 Å². The molecule has 0 aliphatic carbocycles. The van der Waals surface area contributed by atoms with Crippen molar-refractivity contribution in [2.45, 2.75) is 5.09 Å². The van der Waals surface area contributed by atoms with Crippen molar-refractivity contribution in [1.82, 2.24) is 0 Å². The Balaban J connectivity index is 2.75. The van der Waals surface area contributed by atoms with E-state index in [0.717, 1.165) is 4.70 Å². The molecule has 0 aliphatic rings. The number of nitrogens with two attached hydrogens (primary N) is 1. The third-order valence-corrected chi connectivity index (χ3v) is 3.00. The second-order valence-electron chi connectivity index (χ2n) is 2.26. The predicted molar refractivity (Wildman–Crippen MR) is 45.5 cm³/mol. The van der Waals surface area contributed by atoms with Gasteiger partial charge in [-0.05, 0) is 11.4 Å². The lowest BCUT2D eigenvalue weighted by Gasteiger charge is -1.87. The van der Waals surface area contributed by atoms with Crippen LogP contribution in [0.1, 0.15) is 0 Å². The van der Waals surface area contributed by atoms with Crippen LogP contribution in [0.2, 0.25) is 0 Å². The molecule has 4 nitrogen and oxygen atoms in total. The average Bonchev–Trinajstić information content (AvgIpc) is 2.37. The molecular weight excluding hydrogens is 198 g/mol. The molecule has 6 heteroatoms. The number of rotatable bonds is 1. The van der Waals surface area contributed by atoms with Gasteiger partial charge in [0.15, 0.2) is 0 Å². The molecule has 0 atom stereocenters. The van der Waals surface area contributed by atoms with E-state index in [1.165, 1.54) is 17.4 Å². The fourth-order valence-corrected chi connectivity index (χ4v) is 2.19. The normalized spacial score (nSPS) is 12.4. The summed E-state index contributed by atoms with van der Waals surface area (Å²) < 4.78 is 27.3. The number of furan rings is 1. The Morgan fingerprint density at radius 3 is 2.83 bits per heavy atom. The molecule has 2 heterocycles. The van der Waals surface area contributed by atoms with E-state index in [0.29, 0.717) is 5.58 Å². The van der Waals surface area contributed by atoms with Crippen LogP contribution in [0.5, 0.6) is 0 Å². The maximum absolute atomic E-state index is 10.8. The first-order valence-corrected chi connectivity index (χ1v) is 5.50. The molecule has 0 spiro atoms. The Bertz CT molecular complexity index is 479. The zero-order valence-corrected chi connectivity index (χ0v) is 7.48. The van der Waals surface area contributed by atoms with E-state index in [9.17, 15) is 8.42 Å². The molecule has 0 bridgehead atoms. The van der Waals surface area contributed by atoms with Crippen LogP contribution in [-0.4, -0.2) is 8.42 Å². The molecule has 0 amide bonds. The number of primary sulfonamides is 1. The first-order valence-electron chi connectivity index (χ1n) is 3.07. The van der Waals surface area contributed by atoms with Gasteiger partial charge in [-0.25, -0.2) is 13.6 Å². The van der Waals surface area contributed by atoms with Crippen molar-refractivity contribution in [2.24, 2.45) is 5.14 Å². The standard InChI is InChI=1S/C6H5NO3S2/c7-12(8,9)6-3-5-4(10-6)1-2-11-5/h1-3H,(H2,7,8,9). The summed E-state index contributed by atoms with van der Waals surface area (Å²) in [4.78, 5) is 0. The third-order valence-electron chi connectivity index (χ3n) is 1.40. The zero-order chi connectivity index (χ0) is 8.77. The summed E-state index contributed by atoms with van der Waals surface area (Å²) in [5.74, 6) is 0. The van der Waals surface area contributed by atoms with E-state index in [2.05, 4.69) is 0 Å². The molecule has 12 heavy (non-hydrogen) atoms. The van der Waals surface area contributed by atoms with E-state index in [4.69, 9.17) is 9.56 Å². The van der Waals surface area contributed by atoms with Crippen molar-refractivity contribution in [1.29, 1.82) is 0 Å². The van der Waals surface area contributed by atoms with Crippen LogP contribution in [0.25, 0.3) is 10.3 Å². The maximum Gasteiger partial charge on any atom is 0.271 e. The van der Waals surface area contributed by atoms with Gasteiger partial charge in [0.25, 0.3) is 10.0 Å². The number of sulfonamides is 1. The van der Waals surface area contributed by atoms with Crippen molar-refractivity contribution < 1.29 is 12.8 Å². The van der Waals surface area contributed by atoms with Gasteiger partial charge in [0.1, 0.15) is 5.58 Å². The highest BCUT2D eigenvalue weighted by molar-refractivity contribution is 7.89. The van der Waals surface area contributed by atoms with Crippen LogP contribution < -0.4 is 5.14 Å². The van der Waals surface area contributed by atoms with Crippen molar-refractivity contribution in [3.05, 3.63) is 17.5 Å². The summed E-state index contributed by atoms with van der Waals surface area (Å²) in [6, 6.07) is 3.13. The number of hydrogen-bond acceptors (Lipinski definition) is 4. The van der Waals surface area contributed by atoms with Crippen LogP contribution in [0.4, 0.5) is 0 Å². The van der Waals surface area contributed by atoms with Gasteiger partial charge in [0.2, 0.25) is 5.09 Å². The van der Waals surface area contributed by atoms with Crippen molar-refractivity contribution in [2.75, 3.05) is 0 Å². The predicted octanol–water partition coefficient (Wildman–Crippen LogP) is 1.14. The number of fused-ring (bicyclic) bond motifs is 1. The van der Waals surface area contributed by atoms with Gasteiger partial charge < -0.3 is 4.42 Å². The lowest BCUT2D eigenvalue weighted by Crippen LogP contribution is -2.10. The highest BCUT2D eigenvalue weighted by atomic mass is 32.2. The Hall–Kier alpha value is -0.850. The molecule has 64 valence electrons. The molecular formula is C6H5NO3S2. The summed E-state index contributed by atoms with van der Waals surface area (Å²) in [5.41, 5.74) is 0.559. The highest BCUT2D eigenvalue weighted by Gasteiger charge is 2.14. The number of hydrogen-bond donors (Lipinski definition) is 1. The summed E-state index contributed by atoms with van der Waals surface area (Å²) >= 11 is 1.41. The molecule has 0 aromatic carbocycles. The van der Waals surface area contributed by atoms with Crippen LogP contribution in [0, 0.1) is 0 Å². The quantitative estimate of drug-likeness (QED) is 0.755. The topological polar surface area (TPSA) is 73.3 Å². The fraction of sp³-hybridized carbons (Fsp3) is 0. The summed E-state index contributed by atoms with van der Waals surface area (Å²) in [5, 5.41) is 6.51. The highest BCUT2D eigenvalue weighted by Crippen LogP contribution is 2.26.